The van der Waals surface area contributed by atoms with Crippen molar-refractivity contribution in [1.82, 2.24) is 0 Å². The monoisotopic (exact) mass is 526 g/mol. The van der Waals surface area contributed by atoms with Crippen LogP contribution in [-0.4, -0.2) is 27.6 Å². The number of hydrogen-bond donors (Lipinski definition) is 1. The van der Waals surface area contributed by atoms with Crippen molar-refractivity contribution in [2.75, 3.05) is 0 Å². The van der Waals surface area contributed by atoms with Gasteiger partial charge >= 0.3 is 5.97 Å². The molecule has 1 N–H and O–H groups in total. The van der Waals surface area contributed by atoms with Crippen molar-refractivity contribution in [2.45, 2.75) is 102 Å². The van der Waals surface area contributed by atoms with Gasteiger partial charge in [0, 0.05) is 10.8 Å². The number of aliphatic hydroxyl groups excluding tert-OH is 1. The number of thiophene rings is 1. The first-order chi connectivity index (χ1) is 16.2. The number of aryl methyl sites for hydroxylation is 1. The molecule has 1 aromatic rings. The molecule has 0 radical (unpaired) electrons. The van der Waals surface area contributed by atoms with Crippen molar-refractivity contribution in [3.8, 4) is 0 Å². The SMILES string of the molecule is CCCCCC(O)C1=CCC([C@@H]2[C@@H](CCCc3ccc(C(=O)OC(C)C)s3)CCC2(Cl)Cl)C=C1. The highest BCUT2D eigenvalue weighted by Crippen LogP contribution is 2.54. The fourth-order valence-electron chi connectivity index (χ4n) is 5.41. The molecule has 2 aliphatic carbocycles. The van der Waals surface area contributed by atoms with E-state index in [1.807, 2.05) is 26.0 Å². The number of halogens is 2. The number of rotatable bonds is 12. The molecule has 4 atom stereocenters. The molecule has 0 aromatic carbocycles. The maximum Gasteiger partial charge on any atom is 0.348 e. The van der Waals surface area contributed by atoms with E-state index < -0.39 is 4.33 Å². The van der Waals surface area contributed by atoms with Crippen molar-refractivity contribution in [3.63, 3.8) is 0 Å². The van der Waals surface area contributed by atoms with E-state index in [1.165, 1.54) is 22.6 Å². The van der Waals surface area contributed by atoms with Gasteiger partial charge in [-0.2, -0.15) is 0 Å². The minimum absolute atomic E-state index is 0.104. The van der Waals surface area contributed by atoms with Crippen LogP contribution in [-0.2, 0) is 11.2 Å². The Hall–Kier alpha value is -0.810. The normalized spacial score (nSPS) is 24.9. The van der Waals surface area contributed by atoms with Crippen LogP contribution in [0, 0.1) is 17.8 Å². The van der Waals surface area contributed by atoms with Gasteiger partial charge in [-0.05, 0) is 88.3 Å². The molecule has 6 heteroatoms. The second-order valence-electron chi connectivity index (χ2n) is 10.2. The lowest BCUT2D eigenvalue weighted by atomic mass is 9.77. The molecule has 0 amide bonds. The first-order valence-electron chi connectivity index (χ1n) is 12.9. The lowest BCUT2D eigenvalue weighted by molar-refractivity contribution is 0.0384. The van der Waals surface area contributed by atoms with Crippen molar-refractivity contribution in [2.24, 2.45) is 17.8 Å². The predicted octanol–water partition coefficient (Wildman–Crippen LogP) is 8.28. The van der Waals surface area contributed by atoms with Gasteiger partial charge < -0.3 is 9.84 Å². The first kappa shape index (κ1) is 27.8. The van der Waals surface area contributed by atoms with Crippen LogP contribution in [0.1, 0.15) is 93.1 Å². The Morgan fingerprint density at radius 1 is 1.26 bits per heavy atom. The highest BCUT2D eigenvalue weighted by molar-refractivity contribution is 7.13. The molecule has 1 heterocycles. The summed E-state index contributed by atoms with van der Waals surface area (Å²) < 4.78 is 4.61. The summed E-state index contributed by atoms with van der Waals surface area (Å²) in [5, 5.41) is 10.5. The minimum Gasteiger partial charge on any atom is -0.459 e. The molecular formula is C28H40Cl2O3S. The Kier molecular flexibility index (Phi) is 10.6. The molecule has 1 saturated carbocycles. The van der Waals surface area contributed by atoms with Gasteiger partial charge in [-0.25, -0.2) is 4.79 Å². The molecule has 0 aliphatic heterocycles. The third-order valence-corrected chi connectivity index (χ3v) is 9.14. The standard InChI is InChI=1S/C28H40Cl2O3S/c1-4-5-6-10-24(31)20-11-13-22(14-12-20)26-21(17-18-28(26,29)30)8-7-9-23-15-16-25(34-23)27(32)33-19(2)3/h11-13,15-16,19,21-22,24,26,31H,4-10,14,17-18H2,1-3H3/t21-,22?,24?,26-/m0/s1. The molecule has 0 spiro atoms. The summed E-state index contributed by atoms with van der Waals surface area (Å²) >= 11 is 15.2. The number of hydrogen-bond acceptors (Lipinski definition) is 4. The second kappa shape index (κ2) is 12.9. The number of carbonyl (C=O) groups excluding carboxylic acids is 1. The first-order valence-corrected chi connectivity index (χ1v) is 14.5. The number of aliphatic hydroxyl groups is 1. The largest absolute Gasteiger partial charge is 0.459 e. The van der Waals surface area contributed by atoms with Crippen molar-refractivity contribution in [1.29, 1.82) is 0 Å². The van der Waals surface area contributed by atoms with Crippen LogP contribution in [0.2, 0.25) is 0 Å². The molecule has 3 nitrogen and oxygen atoms in total. The molecule has 34 heavy (non-hydrogen) atoms. The van der Waals surface area contributed by atoms with E-state index in [0.717, 1.165) is 63.4 Å². The molecule has 1 fully saturated rings. The van der Waals surface area contributed by atoms with Crippen LogP contribution in [0.15, 0.2) is 35.9 Å². The van der Waals surface area contributed by atoms with Crippen LogP contribution < -0.4 is 0 Å². The van der Waals surface area contributed by atoms with E-state index in [4.69, 9.17) is 27.9 Å². The zero-order valence-corrected chi connectivity index (χ0v) is 23.1. The Bertz CT molecular complexity index is 858. The van der Waals surface area contributed by atoms with Gasteiger partial charge in [0.1, 0.15) is 9.21 Å². The number of unbranched alkanes of at least 4 members (excludes halogenated alkanes) is 2. The summed E-state index contributed by atoms with van der Waals surface area (Å²) in [6.45, 7) is 5.92. The van der Waals surface area contributed by atoms with Gasteiger partial charge in [0.2, 0.25) is 0 Å². The quantitative estimate of drug-likeness (QED) is 0.169. The summed E-state index contributed by atoms with van der Waals surface area (Å²) in [6.07, 6.45) is 16.2. The zero-order chi connectivity index (χ0) is 24.7. The number of alkyl halides is 2. The van der Waals surface area contributed by atoms with E-state index in [9.17, 15) is 9.90 Å². The smallest absolute Gasteiger partial charge is 0.348 e. The average Bonchev–Trinajstić information content (AvgIpc) is 3.38. The van der Waals surface area contributed by atoms with Crippen LogP contribution in [0.5, 0.6) is 0 Å². The number of allylic oxidation sites excluding steroid dienone is 2. The summed E-state index contributed by atoms with van der Waals surface area (Å²) in [7, 11) is 0. The van der Waals surface area contributed by atoms with Crippen molar-refractivity contribution < 1.29 is 14.6 Å². The summed E-state index contributed by atoms with van der Waals surface area (Å²) in [5.41, 5.74) is 1.04. The number of carbonyl (C=O) groups is 1. The lowest BCUT2D eigenvalue weighted by Gasteiger charge is -2.34. The maximum atomic E-state index is 12.1. The van der Waals surface area contributed by atoms with Gasteiger partial charge in [0.05, 0.1) is 12.2 Å². The van der Waals surface area contributed by atoms with E-state index in [2.05, 4.69) is 25.2 Å². The van der Waals surface area contributed by atoms with Gasteiger partial charge in [-0.1, -0.05) is 44.4 Å². The number of ether oxygens (including phenoxy) is 1. The van der Waals surface area contributed by atoms with Crippen LogP contribution >= 0.6 is 34.5 Å². The molecule has 0 bridgehead atoms. The Balaban J connectivity index is 1.52. The maximum absolute atomic E-state index is 12.1. The Labute approximate surface area is 219 Å². The third kappa shape index (κ3) is 7.59. The Morgan fingerprint density at radius 3 is 2.74 bits per heavy atom. The van der Waals surface area contributed by atoms with Gasteiger partial charge in [0.25, 0.3) is 0 Å². The molecule has 3 rings (SSSR count). The highest BCUT2D eigenvalue weighted by Gasteiger charge is 2.48. The summed E-state index contributed by atoms with van der Waals surface area (Å²) in [5.74, 6) is 0.790. The third-order valence-electron chi connectivity index (χ3n) is 7.14. The minimum atomic E-state index is -0.693. The van der Waals surface area contributed by atoms with Crippen molar-refractivity contribution >= 4 is 40.5 Å². The average molecular weight is 528 g/mol. The second-order valence-corrected chi connectivity index (χ2v) is 12.9. The molecule has 0 saturated heterocycles. The van der Waals surface area contributed by atoms with Gasteiger partial charge in [-0.15, -0.1) is 34.5 Å². The lowest BCUT2D eigenvalue weighted by Crippen LogP contribution is -2.31. The Morgan fingerprint density at radius 2 is 2.06 bits per heavy atom. The van der Waals surface area contributed by atoms with E-state index in [1.54, 1.807) is 0 Å². The van der Waals surface area contributed by atoms with Crippen LogP contribution in [0.4, 0.5) is 0 Å². The predicted molar refractivity (Wildman–Crippen MR) is 144 cm³/mol. The van der Waals surface area contributed by atoms with Crippen LogP contribution in [0.25, 0.3) is 0 Å². The fourth-order valence-corrected chi connectivity index (χ4v) is 7.24. The zero-order valence-electron chi connectivity index (χ0n) is 20.8. The molecule has 2 unspecified atom stereocenters. The summed E-state index contributed by atoms with van der Waals surface area (Å²) in [6, 6.07) is 3.92. The van der Waals surface area contributed by atoms with Crippen LogP contribution in [0.3, 0.4) is 0 Å². The highest BCUT2D eigenvalue weighted by atomic mass is 35.5. The van der Waals surface area contributed by atoms with Gasteiger partial charge in [-0.3, -0.25) is 0 Å². The fraction of sp³-hybridized carbons (Fsp3) is 0.679. The van der Waals surface area contributed by atoms with E-state index in [0.29, 0.717) is 16.7 Å². The van der Waals surface area contributed by atoms with Crippen molar-refractivity contribution in [3.05, 3.63) is 45.7 Å². The molecule has 190 valence electrons. The topological polar surface area (TPSA) is 46.5 Å². The molecular weight excluding hydrogens is 487 g/mol. The summed E-state index contributed by atoms with van der Waals surface area (Å²) in [4.78, 5) is 14.0. The number of esters is 1. The van der Waals surface area contributed by atoms with E-state index in [-0.39, 0.29) is 24.1 Å². The molecule has 2 aliphatic rings. The van der Waals surface area contributed by atoms with Gasteiger partial charge in [0.15, 0.2) is 0 Å². The molecule has 1 aromatic heterocycles. The van der Waals surface area contributed by atoms with E-state index >= 15 is 0 Å².